The zero-order valence-corrected chi connectivity index (χ0v) is 20.3. The largest absolute Gasteiger partial charge is 0.467 e. The standard InChI is InChI=1S/C27H25N3O5S/c31-24(18-6-2-1-3-7-18)17-36-27-29-23-14-19(25(32)28-15-20-8-4-12-34-20)10-11-22(23)26(33)30(27)16-21-9-5-13-35-21/h1-4,6-8,10-12,14,21H,5,9,13,15-17H2,(H,28,32)/t21-/m0/s1. The molecule has 1 saturated heterocycles. The van der Waals surface area contributed by atoms with Crippen LogP contribution in [0.1, 0.15) is 39.3 Å². The number of fused-ring (bicyclic) bond motifs is 1. The van der Waals surface area contributed by atoms with Crippen LogP contribution in [-0.4, -0.2) is 39.7 Å². The highest BCUT2D eigenvalue weighted by molar-refractivity contribution is 7.99. The average molecular weight is 504 g/mol. The molecule has 36 heavy (non-hydrogen) atoms. The van der Waals surface area contributed by atoms with Gasteiger partial charge < -0.3 is 14.5 Å². The van der Waals surface area contributed by atoms with Gasteiger partial charge in [0.05, 0.1) is 42.1 Å². The van der Waals surface area contributed by atoms with Crippen molar-refractivity contribution in [2.24, 2.45) is 0 Å². The van der Waals surface area contributed by atoms with Crippen LogP contribution in [-0.2, 0) is 17.8 Å². The van der Waals surface area contributed by atoms with E-state index < -0.39 is 0 Å². The monoisotopic (exact) mass is 503 g/mol. The Morgan fingerprint density at radius 3 is 2.69 bits per heavy atom. The van der Waals surface area contributed by atoms with Crippen molar-refractivity contribution >= 4 is 34.4 Å². The van der Waals surface area contributed by atoms with E-state index in [-0.39, 0.29) is 35.7 Å². The Hall–Kier alpha value is -3.69. The quantitative estimate of drug-likeness (QED) is 0.209. The Morgan fingerprint density at radius 2 is 1.94 bits per heavy atom. The van der Waals surface area contributed by atoms with Gasteiger partial charge in [0.15, 0.2) is 10.9 Å². The van der Waals surface area contributed by atoms with E-state index in [0.717, 1.165) is 12.8 Å². The molecule has 1 N–H and O–H groups in total. The molecule has 2 aromatic heterocycles. The molecular formula is C27H25N3O5S. The second-order valence-corrected chi connectivity index (χ2v) is 9.46. The molecule has 8 nitrogen and oxygen atoms in total. The van der Waals surface area contributed by atoms with Gasteiger partial charge in [0, 0.05) is 17.7 Å². The molecule has 184 valence electrons. The molecule has 1 amide bonds. The van der Waals surface area contributed by atoms with Gasteiger partial charge in [-0.3, -0.25) is 19.0 Å². The van der Waals surface area contributed by atoms with Gasteiger partial charge in [-0.05, 0) is 43.2 Å². The first kappa shape index (κ1) is 24.0. The lowest BCUT2D eigenvalue weighted by Gasteiger charge is -2.16. The maximum absolute atomic E-state index is 13.5. The minimum atomic E-state index is -0.299. The molecule has 0 saturated carbocycles. The summed E-state index contributed by atoms with van der Waals surface area (Å²) in [6.45, 7) is 1.30. The van der Waals surface area contributed by atoms with Gasteiger partial charge in [0.2, 0.25) is 0 Å². The summed E-state index contributed by atoms with van der Waals surface area (Å²) in [6, 6.07) is 17.4. The maximum atomic E-state index is 13.5. The first-order valence-corrected chi connectivity index (χ1v) is 12.7. The van der Waals surface area contributed by atoms with Crippen molar-refractivity contribution in [3.63, 3.8) is 0 Å². The van der Waals surface area contributed by atoms with E-state index in [0.29, 0.717) is 46.1 Å². The lowest BCUT2D eigenvalue weighted by Crippen LogP contribution is -2.29. The number of thioether (sulfide) groups is 1. The second kappa shape index (κ2) is 10.9. The Balaban J connectivity index is 1.43. The average Bonchev–Trinajstić information content (AvgIpc) is 3.62. The smallest absolute Gasteiger partial charge is 0.262 e. The highest BCUT2D eigenvalue weighted by Crippen LogP contribution is 2.22. The van der Waals surface area contributed by atoms with Crippen LogP contribution in [0.3, 0.4) is 0 Å². The number of amides is 1. The topological polar surface area (TPSA) is 103 Å². The van der Waals surface area contributed by atoms with Crippen LogP contribution in [0.15, 0.2) is 81.3 Å². The third-order valence-corrected chi connectivity index (χ3v) is 7.00. The fourth-order valence-electron chi connectivity index (χ4n) is 4.13. The van der Waals surface area contributed by atoms with Crippen LogP contribution in [0, 0.1) is 0 Å². The molecule has 0 spiro atoms. The maximum Gasteiger partial charge on any atom is 0.262 e. The Morgan fingerprint density at radius 1 is 1.08 bits per heavy atom. The third kappa shape index (κ3) is 5.42. The van der Waals surface area contributed by atoms with Crippen molar-refractivity contribution in [2.45, 2.75) is 37.2 Å². The summed E-state index contributed by atoms with van der Waals surface area (Å²) in [5.41, 5.74) is 1.18. The van der Waals surface area contributed by atoms with Crippen LogP contribution in [0.25, 0.3) is 10.9 Å². The van der Waals surface area contributed by atoms with Gasteiger partial charge in [-0.15, -0.1) is 0 Å². The zero-order chi connectivity index (χ0) is 24.9. The van der Waals surface area contributed by atoms with Gasteiger partial charge in [0.25, 0.3) is 11.5 Å². The van der Waals surface area contributed by atoms with E-state index in [9.17, 15) is 14.4 Å². The number of hydrogen-bond donors (Lipinski definition) is 1. The highest BCUT2D eigenvalue weighted by atomic mass is 32.2. The van der Waals surface area contributed by atoms with Crippen molar-refractivity contribution in [1.82, 2.24) is 14.9 Å². The van der Waals surface area contributed by atoms with Crippen molar-refractivity contribution in [3.8, 4) is 0 Å². The fraction of sp³-hybridized carbons (Fsp3) is 0.259. The molecule has 3 heterocycles. The summed E-state index contributed by atoms with van der Waals surface area (Å²) in [4.78, 5) is 43.6. The summed E-state index contributed by atoms with van der Waals surface area (Å²) in [7, 11) is 0. The van der Waals surface area contributed by atoms with Crippen LogP contribution in [0.2, 0.25) is 0 Å². The Kier molecular flexibility index (Phi) is 7.29. The normalized spacial score (nSPS) is 15.3. The van der Waals surface area contributed by atoms with E-state index in [1.54, 1.807) is 53.3 Å². The minimum absolute atomic E-state index is 0.0512. The van der Waals surface area contributed by atoms with Crippen molar-refractivity contribution in [2.75, 3.05) is 12.4 Å². The van der Waals surface area contributed by atoms with E-state index >= 15 is 0 Å². The van der Waals surface area contributed by atoms with Gasteiger partial charge in [0.1, 0.15) is 5.76 Å². The molecule has 5 rings (SSSR count). The summed E-state index contributed by atoms with van der Waals surface area (Å²) in [5, 5.41) is 3.65. The second-order valence-electron chi connectivity index (χ2n) is 8.52. The molecular weight excluding hydrogens is 478 g/mol. The van der Waals surface area contributed by atoms with Crippen LogP contribution in [0.5, 0.6) is 0 Å². The number of nitrogens with zero attached hydrogens (tertiary/aromatic N) is 2. The van der Waals surface area contributed by atoms with Gasteiger partial charge >= 0.3 is 0 Å². The van der Waals surface area contributed by atoms with Gasteiger partial charge in [-0.1, -0.05) is 42.1 Å². The first-order valence-electron chi connectivity index (χ1n) is 11.8. The molecule has 1 fully saturated rings. The van der Waals surface area contributed by atoms with Crippen molar-refractivity contribution in [1.29, 1.82) is 0 Å². The number of furan rings is 1. The summed E-state index contributed by atoms with van der Waals surface area (Å²) < 4.78 is 12.6. The molecule has 1 atom stereocenters. The zero-order valence-electron chi connectivity index (χ0n) is 19.5. The Bertz CT molecular complexity index is 1430. The number of Topliss-reactive ketones (excluding diaryl/α,β-unsaturated/α-hetero) is 1. The van der Waals surface area contributed by atoms with E-state index in [2.05, 4.69) is 5.32 Å². The van der Waals surface area contributed by atoms with Crippen LogP contribution in [0.4, 0.5) is 0 Å². The lowest BCUT2D eigenvalue weighted by atomic mass is 10.1. The number of nitrogens with one attached hydrogen (secondary N) is 1. The molecule has 0 unspecified atom stereocenters. The third-order valence-electron chi connectivity index (χ3n) is 6.02. The fourth-order valence-corrected chi connectivity index (χ4v) is 5.03. The predicted molar refractivity (Wildman–Crippen MR) is 136 cm³/mol. The number of carbonyl (C=O) groups excluding carboxylic acids is 2. The SMILES string of the molecule is O=C(CSc1nc2cc(C(=O)NCc3ccco3)ccc2c(=O)n1C[C@@H]1CCCO1)c1ccccc1. The number of hydrogen-bond acceptors (Lipinski definition) is 7. The minimum Gasteiger partial charge on any atom is -0.467 e. The van der Waals surface area contributed by atoms with Crippen molar-refractivity contribution < 1.29 is 18.7 Å². The number of ether oxygens (including phenoxy) is 1. The lowest BCUT2D eigenvalue weighted by molar-refractivity contribution is 0.0937. The van der Waals surface area contributed by atoms with E-state index in [4.69, 9.17) is 14.1 Å². The number of benzene rings is 2. The molecule has 1 aliphatic rings. The van der Waals surface area contributed by atoms with Crippen LogP contribution < -0.4 is 10.9 Å². The van der Waals surface area contributed by atoms with Gasteiger partial charge in [-0.2, -0.15) is 0 Å². The van der Waals surface area contributed by atoms with E-state index in [1.165, 1.54) is 11.8 Å². The molecule has 4 aromatic rings. The number of carbonyl (C=O) groups is 2. The summed E-state index contributed by atoms with van der Waals surface area (Å²) in [5.74, 6) is 0.425. The van der Waals surface area contributed by atoms with E-state index in [1.807, 2.05) is 18.2 Å². The number of aromatic nitrogens is 2. The summed E-state index contributed by atoms with van der Waals surface area (Å²) >= 11 is 1.22. The molecule has 0 aliphatic carbocycles. The van der Waals surface area contributed by atoms with Crippen LogP contribution >= 0.6 is 11.8 Å². The number of ketones is 1. The highest BCUT2D eigenvalue weighted by Gasteiger charge is 2.21. The summed E-state index contributed by atoms with van der Waals surface area (Å²) in [6.07, 6.45) is 3.29. The number of rotatable bonds is 9. The predicted octanol–water partition coefficient (Wildman–Crippen LogP) is 4.07. The molecule has 1 aliphatic heterocycles. The van der Waals surface area contributed by atoms with Crippen molar-refractivity contribution in [3.05, 3.63) is 94.2 Å². The molecule has 0 bridgehead atoms. The van der Waals surface area contributed by atoms with Gasteiger partial charge in [-0.25, -0.2) is 4.98 Å². The first-order chi connectivity index (χ1) is 17.6. The molecule has 2 aromatic carbocycles. The molecule has 0 radical (unpaired) electrons. The molecule has 9 heteroatoms. The Labute approximate surface area is 211 Å².